The molecule has 3 nitrogen and oxygen atoms in total. The summed E-state index contributed by atoms with van der Waals surface area (Å²) < 4.78 is 4.47. The van der Waals surface area contributed by atoms with Crippen molar-refractivity contribution in [3.05, 3.63) is 48.0 Å². The van der Waals surface area contributed by atoms with Crippen molar-refractivity contribution in [1.82, 2.24) is 0 Å². The zero-order chi connectivity index (χ0) is 13.2. The SMILES string of the molecule is COC(=O)CCC(=O)C/C=C\Cc1ccccc1. The Bertz CT molecular complexity index is 407. The number of allylic oxidation sites excluding steroid dienone is 2. The molecule has 0 amide bonds. The van der Waals surface area contributed by atoms with Gasteiger partial charge in [0.15, 0.2) is 0 Å². The van der Waals surface area contributed by atoms with Gasteiger partial charge in [0.2, 0.25) is 0 Å². The maximum atomic E-state index is 11.4. The van der Waals surface area contributed by atoms with Gasteiger partial charge in [-0.2, -0.15) is 0 Å². The zero-order valence-corrected chi connectivity index (χ0v) is 10.6. The molecule has 0 aliphatic rings. The number of carbonyl (C=O) groups excluding carboxylic acids is 2. The maximum Gasteiger partial charge on any atom is 0.305 e. The van der Waals surface area contributed by atoms with Crippen molar-refractivity contribution in [2.75, 3.05) is 7.11 Å². The maximum absolute atomic E-state index is 11.4. The van der Waals surface area contributed by atoms with Crippen LogP contribution in [0.3, 0.4) is 0 Å². The summed E-state index contributed by atoms with van der Waals surface area (Å²) in [6, 6.07) is 10.0. The van der Waals surface area contributed by atoms with Crippen molar-refractivity contribution < 1.29 is 14.3 Å². The second-order valence-electron chi connectivity index (χ2n) is 3.98. The van der Waals surface area contributed by atoms with Gasteiger partial charge in [0.05, 0.1) is 13.5 Å². The first-order valence-electron chi connectivity index (χ1n) is 6.00. The summed E-state index contributed by atoms with van der Waals surface area (Å²) in [6.45, 7) is 0. The lowest BCUT2D eigenvalue weighted by molar-refractivity contribution is -0.141. The van der Waals surface area contributed by atoms with Gasteiger partial charge in [-0.3, -0.25) is 9.59 Å². The van der Waals surface area contributed by atoms with Crippen molar-refractivity contribution in [3.8, 4) is 0 Å². The molecule has 0 saturated heterocycles. The number of Topliss-reactive ketones (excluding diaryl/α,β-unsaturated/α-hetero) is 1. The van der Waals surface area contributed by atoms with Crippen molar-refractivity contribution in [2.45, 2.75) is 25.7 Å². The monoisotopic (exact) mass is 246 g/mol. The van der Waals surface area contributed by atoms with Gasteiger partial charge in [-0.15, -0.1) is 0 Å². The van der Waals surface area contributed by atoms with E-state index in [0.29, 0.717) is 6.42 Å². The fourth-order valence-corrected chi connectivity index (χ4v) is 1.49. The van der Waals surface area contributed by atoms with Crippen LogP contribution in [0.1, 0.15) is 24.8 Å². The molecule has 0 bridgehead atoms. The molecule has 0 saturated carbocycles. The largest absolute Gasteiger partial charge is 0.469 e. The quantitative estimate of drug-likeness (QED) is 0.549. The Morgan fingerprint density at radius 1 is 1.11 bits per heavy atom. The number of esters is 1. The molecule has 0 fully saturated rings. The number of hydrogen-bond donors (Lipinski definition) is 0. The number of ether oxygens (including phenoxy) is 1. The first-order chi connectivity index (χ1) is 8.72. The molecule has 0 N–H and O–H groups in total. The van der Waals surface area contributed by atoms with E-state index in [1.54, 1.807) is 0 Å². The molecule has 0 unspecified atom stereocenters. The Hall–Kier alpha value is -1.90. The average Bonchev–Trinajstić information content (AvgIpc) is 2.42. The molecule has 0 spiro atoms. The first kappa shape index (κ1) is 14.2. The summed E-state index contributed by atoms with van der Waals surface area (Å²) in [5.74, 6) is -0.277. The van der Waals surface area contributed by atoms with E-state index in [4.69, 9.17) is 0 Å². The van der Waals surface area contributed by atoms with Gasteiger partial charge in [-0.25, -0.2) is 0 Å². The van der Waals surface area contributed by atoms with Gasteiger partial charge in [0.1, 0.15) is 5.78 Å². The highest BCUT2D eigenvalue weighted by atomic mass is 16.5. The number of carbonyl (C=O) groups is 2. The van der Waals surface area contributed by atoms with Crippen LogP contribution >= 0.6 is 0 Å². The van der Waals surface area contributed by atoms with Gasteiger partial charge in [0.25, 0.3) is 0 Å². The highest BCUT2D eigenvalue weighted by Gasteiger charge is 2.04. The smallest absolute Gasteiger partial charge is 0.305 e. The molecule has 18 heavy (non-hydrogen) atoms. The fraction of sp³-hybridized carbons (Fsp3) is 0.333. The van der Waals surface area contributed by atoms with E-state index >= 15 is 0 Å². The van der Waals surface area contributed by atoms with Crippen LogP contribution in [-0.4, -0.2) is 18.9 Å². The molecule has 1 rings (SSSR count). The van der Waals surface area contributed by atoms with Crippen molar-refractivity contribution >= 4 is 11.8 Å². The fourth-order valence-electron chi connectivity index (χ4n) is 1.49. The van der Waals surface area contributed by atoms with E-state index in [2.05, 4.69) is 4.74 Å². The molecule has 0 atom stereocenters. The molecule has 96 valence electrons. The van der Waals surface area contributed by atoms with Crippen LogP contribution in [0.25, 0.3) is 0 Å². The zero-order valence-electron chi connectivity index (χ0n) is 10.6. The molecular weight excluding hydrogens is 228 g/mol. The Kier molecular flexibility index (Phi) is 6.47. The third-order valence-electron chi connectivity index (χ3n) is 2.54. The number of methoxy groups -OCH3 is 1. The molecule has 3 heteroatoms. The molecule has 1 aromatic rings. The topological polar surface area (TPSA) is 43.4 Å². The van der Waals surface area contributed by atoms with Crippen LogP contribution in [0.2, 0.25) is 0 Å². The van der Waals surface area contributed by atoms with Gasteiger partial charge in [0, 0.05) is 12.8 Å². The van der Waals surface area contributed by atoms with Gasteiger partial charge in [-0.05, 0) is 12.0 Å². The lowest BCUT2D eigenvalue weighted by atomic mass is 10.1. The number of benzene rings is 1. The van der Waals surface area contributed by atoms with Crippen LogP contribution in [0.15, 0.2) is 42.5 Å². The van der Waals surface area contributed by atoms with Crippen LogP contribution in [-0.2, 0) is 20.7 Å². The third-order valence-corrected chi connectivity index (χ3v) is 2.54. The third kappa shape index (κ3) is 5.99. The second kappa shape index (κ2) is 8.23. The van der Waals surface area contributed by atoms with Crippen LogP contribution in [0.5, 0.6) is 0 Å². The van der Waals surface area contributed by atoms with Crippen molar-refractivity contribution in [1.29, 1.82) is 0 Å². The molecule has 0 aliphatic heterocycles. The number of hydrogen-bond acceptors (Lipinski definition) is 3. The van der Waals surface area contributed by atoms with Gasteiger partial charge < -0.3 is 4.74 Å². The van der Waals surface area contributed by atoms with E-state index in [1.807, 2.05) is 42.5 Å². The van der Waals surface area contributed by atoms with Gasteiger partial charge in [-0.1, -0.05) is 42.5 Å². The van der Waals surface area contributed by atoms with Gasteiger partial charge >= 0.3 is 5.97 Å². The Morgan fingerprint density at radius 3 is 2.50 bits per heavy atom. The minimum Gasteiger partial charge on any atom is -0.469 e. The first-order valence-corrected chi connectivity index (χ1v) is 6.00. The molecule has 0 radical (unpaired) electrons. The molecule has 0 aliphatic carbocycles. The van der Waals surface area contributed by atoms with Crippen molar-refractivity contribution in [2.24, 2.45) is 0 Å². The Labute approximate surface area is 107 Å². The molecule has 1 aromatic carbocycles. The minimum absolute atomic E-state index is 0.0599. The van der Waals surface area contributed by atoms with Crippen molar-refractivity contribution in [3.63, 3.8) is 0 Å². The molecule has 0 aromatic heterocycles. The average molecular weight is 246 g/mol. The minimum atomic E-state index is -0.336. The highest BCUT2D eigenvalue weighted by Crippen LogP contribution is 2.02. The van der Waals surface area contributed by atoms with E-state index in [9.17, 15) is 9.59 Å². The van der Waals surface area contributed by atoms with E-state index < -0.39 is 0 Å². The van der Waals surface area contributed by atoms with Crippen LogP contribution in [0, 0.1) is 0 Å². The predicted molar refractivity (Wildman–Crippen MR) is 70.2 cm³/mol. The predicted octanol–water partition coefficient (Wildman–Crippen LogP) is 2.70. The highest BCUT2D eigenvalue weighted by molar-refractivity contribution is 5.83. The Balaban J connectivity index is 2.20. The summed E-state index contributed by atoms with van der Waals surface area (Å²) in [5.41, 5.74) is 1.22. The summed E-state index contributed by atoms with van der Waals surface area (Å²) in [5, 5.41) is 0. The summed E-state index contributed by atoms with van der Waals surface area (Å²) in [7, 11) is 1.33. The standard InChI is InChI=1S/C15H18O3/c1-18-15(17)12-11-14(16)10-6-5-9-13-7-3-2-4-8-13/h2-8H,9-12H2,1H3/b6-5-. The lowest BCUT2D eigenvalue weighted by Crippen LogP contribution is -2.04. The summed E-state index contributed by atoms with van der Waals surface area (Å²) in [6.07, 6.45) is 5.46. The van der Waals surface area contributed by atoms with E-state index in [-0.39, 0.29) is 24.6 Å². The summed E-state index contributed by atoms with van der Waals surface area (Å²) in [4.78, 5) is 22.3. The second-order valence-corrected chi connectivity index (χ2v) is 3.98. The van der Waals surface area contributed by atoms with E-state index in [0.717, 1.165) is 6.42 Å². The normalized spacial score (nSPS) is 10.5. The Morgan fingerprint density at radius 2 is 1.83 bits per heavy atom. The number of ketones is 1. The van der Waals surface area contributed by atoms with E-state index in [1.165, 1.54) is 12.7 Å². The number of rotatable bonds is 7. The molecular formula is C15H18O3. The molecule has 0 heterocycles. The summed E-state index contributed by atoms with van der Waals surface area (Å²) >= 11 is 0. The lowest BCUT2D eigenvalue weighted by Gasteiger charge is -1.97. The van der Waals surface area contributed by atoms with Crippen LogP contribution < -0.4 is 0 Å². The van der Waals surface area contributed by atoms with Crippen LogP contribution in [0.4, 0.5) is 0 Å².